The van der Waals surface area contributed by atoms with E-state index in [4.69, 9.17) is 16.3 Å². The highest BCUT2D eigenvalue weighted by Gasteiger charge is 2.37. The zero-order chi connectivity index (χ0) is 14.6. The first kappa shape index (κ1) is 15.1. The fraction of sp³-hybridized carbons (Fsp3) is 0.462. The Morgan fingerprint density at radius 2 is 2.00 bits per heavy atom. The summed E-state index contributed by atoms with van der Waals surface area (Å²) in [5.74, 6) is 0.263. The van der Waals surface area contributed by atoms with Crippen LogP contribution in [0.2, 0.25) is 0 Å². The SMILES string of the molecule is O=C(CCOc1ccccc1)NC1CS(=O)(=O)CC1Cl. The third kappa shape index (κ3) is 4.38. The monoisotopic (exact) mass is 317 g/mol. The van der Waals surface area contributed by atoms with Crippen molar-refractivity contribution < 1.29 is 17.9 Å². The number of ether oxygens (including phenoxy) is 1. The summed E-state index contributed by atoms with van der Waals surface area (Å²) in [6, 6.07) is 8.66. The van der Waals surface area contributed by atoms with Gasteiger partial charge in [-0.05, 0) is 12.1 Å². The molecular formula is C13H16ClNO4S. The Morgan fingerprint density at radius 3 is 2.60 bits per heavy atom. The van der Waals surface area contributed by atoms with Gasteiger partial charge in [0.1, 0.15) is 5.75 Å². The molecule has 0 radical (unpaired) electrons. The number of carbonyl (C=O) groups excluding carboxylic acids is 1. The van der Waals surface area contributed by atoms with Gasteiger partial charge in [-0.2, -0.15) is 0 Å². The van der Waals surface area contributed by atoms with E-state index in [1.807, 2.05) is 18.2 Å². The zero-order valence-corrected chi connectivity index (χ0v) is 12.4. The molecule has 5 nitrogen and oxygen atoms in total. The van der Waals surface area contributed by atoms with Crippen molar-refractivity contribution >= 4 is 27.3 Å². The third-order valence-electron chi connectivity index (χ3n) is 2.97. The molecule has 2 atom stereocenters. The van der Waals surface area contributed by atoms with Crippen LogP contribution in [-0.4, -0.2) is 43.9 Å². The van der Waals surface area contributed by atoms with Crippen LogP contribution in [0, 0.1) is 0 Å². The number of para-hydroxylation sites is 1. The molecule has 1 heterocycles. The van der Waals surface area contributed by atoms with Crippen molar-refractivity contribution in [2.45, 2.75) is 17.8 Å². The zero-order valence-electron chi connectivity index (χ0n) is 10.8. The Kier molecular flexibility index (Phi) is 4.88. The highest BCUT2D eigenvalue weighted by Crippen LogP contribution is 2.18. The number of nitrogens with one attached hydrogen (secondary N) is 1. The minimum absolute atomic E-state index is 0.0833. The van der Waals surface area contributed by atoms with Gasteiger partial charge in [0.15, 0.2) is 9.84 Å². The van der Waals surface area contributed by atoms with Crippen LogP contribution in [0.1, 0.15) is 6.42 Å². The molecule has 7 heteroatoms. The smallest absolute Gasteiger partial charge is 0.223 e. The number of alkyl halides is 1. The number of hydrogen-bond acceptors (Lipinski definition) is 4. The molecule has 2 rings (SSSR count). The molecule has 1 aliphatic heterocycles. The quantitative estimate of drug-likeness (QED) is 0.822. The van der Waals surface area contributed by atoms with Gasteiger partial charge >= 0.3 is 0 Å². The van der Waals surface area contributed by atoms with Crippen molar-refractivity contribution in [3.05, 3.63) is 30.3 Å². The van der Waals surface area contributed by atoms with Crippen LogP contribution in [0.4, 0.5) is 0 Å². The van der Waals surface area contributed by atoms with Crippen LogP contribution in [0.15, 0.2) is 30.3 Å². The van der Waals surface area contributed by atoms with Crippen LogP contribution in [0.25, 0.3) is 0 Å². The van der Waals surface area contributed by atoms with E-state index in [0.717, 1.165) is 0 Å². The Bertz CT molecular complexity index is 561. The third-order valence-corrected chi connectivity index (χ3v) is 5.35. The van der Waals surface area contributed by atoms with Gasteiger partial charge in [0.05, 0.1) is 36.0 Å². The Hall–Kier alpha value is -1.27. The second kappa shape index (κ2) is 6.45. The van der Waals surface area contributed by atoms with E-state index in [1.54, 1.807) is 12.1 Å². The number of halogens is 1. The lowest BCUT2D eigenvalue weighted by atomic mass is 10.2. The van der Waals surface area contributed by atoms with E-state index in [-0.39, 0.29) is 30.4 Å². The van der Waals surface area contributed by atoms with Gasteiger partial charge in [-0.15, -0.1) is 11.6 Å². The van der Waals surface area contributed by atoms with Crippen molar-refractivity contribution in [3.8, 4) is 5.75 Å². The number of rotatable bonds is 5. The highest BCUT2D eigenvalue weighted by molar-refractivity contribution is 7.91. The molecule has 1 fully saturated rings. The maximum absolute atomic E-state index is 11.7. The lowest BCUT2D eigenvalue weighted by Gasteiger charge is -2.14. The first-order valence-electron chi connectivity index (χ1n) is 6.28. The van der Waals surface area contributed by atoms with Crippen LogP contribution >= 0.6 is 11.6 Å². The summed E-state index contributed by atoms with van der Waals surface area (Å²) in [6.45, 7) is 0.238. The molecule has 0 aromatic heterocycles. The molecule has 0 aliphatic carbocycles. The first-order valence-corrected chi connectivity index (χ1v) is 8.54. The number of amides is 1. The molecule has 1 N–H and O–H groups in total. The van der Waals surface area contributed by atoms with Gasteiger partial charge in [-0.25, -0.2) is 8.42 Å². The number of hydrogen-bond donors (Lipinski definition) is 1. The maximum atomic E-state index is 11.7. The average Bonchev–Trinajstić information content (AvgIpc) is 2.63. The molecule has 110 valence electrons. The summed E-state index contributed by atoms with van der Waals surface area (Å²) >= 11 is 5.91. The Labute approximate surface area is 123 Å². The van der Waals surface area contributed by atoms with Gasteiger partial charge < -0.3 is 10.1 Å². The van der Waals surface area contributed by atoms with Gasteiger partial charge in [0.2, 0.25) is 5.91 Å². The van der Waals surface area contributed by atoms with Crippen molar-refractivity contribution in [1.29, 1.82) is 0 Å². The van der Waals surface area contributed by atoms with Crippen molar-refractivity contribution in [2.24, 2.45) is 0 Å². The second-order valence-electron chi connectivity index (χ2n) is 4.68. The second-order valence-corrected chi connectivity index (χ2v) is 7.39. The minimum Gasteiger partial charge on any atom is -0.493 e. The van der Waals surface area contributed by atoms with E-state index >= 15 is 0 Å². The summed E-state index contributed by atoms with van der Waals surface area (Å²) in [7, 11) is -3.13. The fourth-order valence-electron chi connectivity index (χ4n) is 1.99. The highest BCUT2D eigenvalue weighted by atomic mass is 35.5. The molecule has 0 saturated carbocycles. The van der Waals surface area contributed by atoms with E-state index in [9.17, 15) is 13.2 Å². The largest absolute Gasteiger partial charge is 0.493 e. The maximum Gasteiger partial charge on any atom is 0.223 e. The minimum atomic E-state index is -3.13. The van der Waals surface area contributed by atoms with Crippen molar-refractivity contribution in [3.63, 3.8) is 0 Å². The van der Waals surface area contributed by atoms with E-state index in [1.165, 1.54) is 0 Å². The number of benzene rings is 1. The van der Waals surface area contributed by atoms with Crippen LogP contribution in [0.5, 0.6) is 5.75 Å². The molecule has 1 amide bonds. The van der Waals surface area contributed by atoms with Gasteiger partial charge in [-0.3, -0.25) is 4.79 Å². The summed E-state index contributed by atoms with van der Waals surface area (Å²) in [6.07, 6.45) is 0.162. The molecule has 2 unspecified atom stereocenters. The van der Waals surface area contributed by atoms with Gasteiger partial charge in [-0.1, -0.05) is 18.2 Å². The summed E-state index contributed by atoms with van der Waals surface area (Å²) in [5, 5.41) is 2.08. The number of sulfone groups is 1. The lowest BCUT2D eigenvalue weighted by Crippen LogP contribution is -2.41. The predicted octanol–water partition coefficient (Wildman–Crippen LogP) is 0.976. The van der Waals surface area contributed by atoms with E-state index in [2.05, 4.69) is 5.32 Å². The standard InChI is InChI=1S/C13H16ClNO4S/c14-11-8-20(17,18)9-12(11)15-13(16)6-7-19-10-4-2-1-3-5-10/h1-5,11-12H,6-9H2,(H,15,16). The normalized spacial score (nSPS) is 24.2. The van der Waals surface area contributed by atoms with Crippen LogP contribution in [0.3, 0.4) is 0 Å². The van der Waals surface area contributed by atoms with Crippen molar-refractivity contribution in [2.75, 3.05) is 18.1 Å². The molecular weight excluding hydrogens is 302 g/mol. The van der Waals surface area contributed by atoms with Crippen LogP contribution < -0.4 is 10.1 Å². The average molecular weight is 318 g/mol. The molecule has 1 aromatic carbocycles. The molecule has 0 bridgehead atoms. The van der Waals surface area contributed by atoms with Gasteiger partial charge in [0, 0.05) is 0 Å². The Balaban J connectivity index is 1.73. The summed E-state index contributed by atoms with van der Waals surface area (Å²) in [4.78, 5) is 11.7. The van der Waals surface area contributed by atoms with E-state index in [0.29, 0.717) is 5.75 Å². The fourth-order valence-corrected chi connectivity index (χ4v) is 4.54. The predicted molar refractivity (Wildman–Crippen MR) is 76.8 cm³/mol. The van der Waals surface area contributed by atoms with Crippen molar-refractivity contribution in [1.82, 2.24) is 5.32 Å². The molecule has 0 spiro atoms. The molecule has 1 aliphatic rings. The lowest BCUT2D eigenvalue weighted by molar-refractivity contribution is -0.122. The van der Waals surface area contributed by atoms with Gasteiger partial charge in [0.25, 0.3) is 0 Å². The molecule has 20 heavy (non-hydrogen) atoms. The molecule has 1 saturated heterocycles. The summed E-state index contributed by atoms with van der Waals surface area (Å²) in [5.41, 5.74) is 0. The van der Waals surface area contributed by atoms with E-state index < -0.39 is 21.3 Å². The molecule has 1 aromatic rings. The van der Waals surface area contributed by atoms with Crippen LogP contribution in [-0.2, 0) is 14.6 Å². The number of carbonyl (C=O) groups is 1. The summed E-state index contributed by atoms with van der Waals surface area (Å²) < 4.78 is 28.1. The first-order chi connectivity index (χ1) is 9.46. The Morgan fingerprint density at radius 1 is 1.30 bits per heavy atom. The topological polar surface area (TPSA) is 72.5 Å².